The Morgan fingerprint density at radius 2 is 1.95 bits per heavy atom. The normalized spacial score (nSPS) is 17.3. The van der Waals surface area contributed by atoms with Crippen LogP contribution in [0, 0.1) is 6.92 Å². The Labute approximate surface area is 111 Å². The first-order valence-corrected chi connectivity index (χ1v) is 7.37. The predicted octanol–water partition coefficient (Wildman–Crippen LogP) is 1.17. The lowest BCUT2D eigenvalue weighted by Crippen LogP contribution is -2.48. The Kier molecular flexibility index (Phi) is 2.87. The second-order valence-corrected chi connectivity index (χ2v) is 6.45. The Morgan fingerprint density at radius 3 is 2.53 bits per heavy atom. The van der Waals surface area contributed by atoms with Crippen LogP contribution in [-0.2, 0) is 10.0 Å². The van der Waals surface area contributed by atoms with Gasteiger partial charge in [-0.3, -0.25) is 0 Å². The van der Waals surface area contributed by atoms with Crippen molar-refractivity contribution in [1.82, 2.24) is 14.4 Å². The summed E-state index contributed by atoms with van der Waals surface area (Å²) in [4.78, 5) is 4.44. The molecule has 1 aliphatic rings. The fourth-order valence-corrected chi connectivity index (χ4v) is 3.56. The minimum Gasteiger partial charge on any atom is -0.339 e. The average Bonchev–Trinajstić information content (AvgIpc) is 2.74. The maximum absolute atomic E-state index is 12.3. The minimum absolute atomic E-state index is 0.000290. The van der Waals surface area contributed by atoms with E-state index in [0.717, 1.165) is 0 Å². The van der Waals surface area contributed by atoms with Crippen molar-refractivity contribution in [2.45, 2.75) is 17.7 Å². The van der Waals surface area contributed by atoms with Crippen molar-refractivity contribution >= 4 is 10.0 Å². The molecule has 0 N–H and O–H groups in total. The molecule has 6 nitrogen and oxygen atoms in total. The van der Waals surface area contributed by atoms with Gasteiger partial charge in [-0.1, -0.05) is 23.4 Å². The van der Waals surface area contributed by atoms with Crippen molar-refractivity contribution in [2.24, 2.45) is 0 Å². The monoisotopic (exact) mass is 279 g/mol. The maximum Gasteiger partial charge on any atom is 0.243 e. The van der Waals surface area contributed by atoms with Crippen LogP contribution in [0.25, 0.3) is 0 Å². The number of hydrogen-bond acceptors (Lipinski definition) is 5. The Balaban J connectivity index is 1.74. The fraction of sp³-hybridized carbons (Fsp3) is 0.333. The van der Waals surface area contributed by atoms with Gasteiger partial charge >= 0.3 is 0 Å². The van der Waals surface area contributed by atoms with Crippen LogP contribution in [0.15, 0.2) is 39.8 Å². The van der Waals surface area contributed by atoms with Gasteiger partial charge in [0.2, 0.25) is 15.9 Å². The zero-order valence-electron chi connectivity index (χ0n) is 10.4. The summed E-state index contributed by atoms with van der Waals surface area (Å²) in [6.45, 7) is 2.52. The lowest BCUT2D eigenvalue weighted by molar-refractivity contribution is 0.216. The van der Waals surface area contributed by atoms with Crippen LogP contribution in [0.3, 0.4) is 0 Å². The molecule has 0 radical (unpaired) electrons. The molecule has 7 heteroatoms. The summed E-state index contributed by atoms with van der Waals surface area (Å²) < 4.78 is 31.0. The smallest absolute Gasteiger partial charge is 0.243 e. The molecular formula is C12H13N3O3S. The summed E-state index contributed by atoms with van der Waals surface area (Å²) in [5.74, 6) is 1.08. The third-order valence-electron chi connectivity index (χ3n) is 3.12. The molecule has 3 rings (SSSR count). The molecule has 1 saturated heterocycles. The largest absolute Gasteiger partial charge is 0.339 e. The summed E-state index contributed by atoms with van der Waals surface area (Å²) in [5, 5.41) is 3.71. The van der Waals surface area contributed by atoms with Gasteiger partial charge in [-0.25, -0.2) is 8.42 Å². The quantitative estimate of drug-likeness (QED) is 0.842. The second-order valence-electron chi connectivity index (χ2n) is 4.51. The number of rotatable bonds is 3. The van der Waals surface area contributed by atoms with Crippen molar-refractivity contribution in [3.63, 3.8) is 0 Å². The van der Waals surface area contributed by atoms with Crippen molar-refractivity contribution in [3.05, 3.63) is 42.0 Å². The summed E-state index contributed by atoms with van der Waals surface area (Å²) in [5.41, 5.74) is 0. The molecule has 1 fully saturated rings. The number of hydrogen-bond donors (Lipinski definition) is 0. The van der Waals surface area contributed by atoms with Crippen LogP contribution < -0.4 is 0 Å². The van der Waals surface area contributed by atoms with E-state index >= 15 is 0 Å². The summed E-state index contributed by atoms with van der Waals surface area (Å²) >= 11 is 0. The summed E-state index contributed by atoms with van der Waals surface area (Å²) in [6, 6.07) is 8.41. The number of sulfonamides is 1. The lowest BCUT2D eigenvalue weighted by atomic mass is 10.0. The van der Waals surface area contributed by atoms with Gasteiger partial charge in [0.15, 0.2) is 5.82 Å². The standard InChI is InChI=1S/C12H13N3O3S/c1-9-13-12(18-14-9)10-7-15(8-10)19(16,17)11-5-3-2-4-6-11/h2-6,10H,7-8H2,1H3. The summed E-state index contributed by atoms with van der Waals surface area (Å²) in [7, 11) is -3.39. The molecule has 0 amide bonds. The van der Waals surface area contributed by atoms with Crippen LogP contribution in [0.1, 0.15) is 17.6 Å². The maximum atomic E-state index is 12.3. The number of benzene rings is 1. The van der Waals surface area contributed by atoms with Crippen LogP contribution in [0.2, 0.25) is 0 Å². The first kappa shape index (κ1) is 12.3. The average molecular weight is 279 g/mol. The van der Waals surface area contributed by atoms with E-state index < -0.39 is 10.0 Å². The second kappa shape index (κ2) is 4.43. The zero-order valence-corrected chi connectivity index (χ0v) is 11.2. The van der Waals surface area contributed by atoms with E-state index in [1.165, 1.54) is 4.31 Å². The molecule has 0 spiro atoms. The van der Waals surface area contributed by atoms with E-state index in [4.69, 9.17) is 4.52 Å². The van der Waals surface area contributed by atoms with Gasteiger partial charge in [0.1, 0.15) is 0 Å². The molecule has 1 aromatic heterocycles. The molecule has 1 aromatic carbocycles. The van der Waals surface area contributed by atoms with E-state index in [9.17, 15) is 8.42 Å². The Hall–Kier alpha value is -1.73. The van der Waals surface area contributed by atoms with Gasteiger partial charge in [0.05, 0.1) is 10.8 Å². The SMILES string of the molecule is Cc1noc(C2CN(S(=O)(=O)c3ccccc3)C2)n1. The van der Waals surface area contributed by atoms with Crippen LogP contribution in [0.5, 0.6) is 0 Å². The van der Waals surface area contributed by atoms with Gasteiger partial charge in [-0.2, -0.15) is 9.29 Å². The van der Waals surface area contributed by atoms with Gasteiger partial charge in [0.25, 0.3) is 0 Å². The van der Waals surface area contributed by atoms with E-state index in [1.54, 1.807) is 37.3 Å². The first-order valence-electron chi connectivity index (χ1n) is 5.93. The molecule has 2 heterocycles. The highest BCUT2D eigenvalue weighted by molar-refractivity contribution is 7.89. The van der Waals surface area contributed by atoms with Gasteiger partial charge < -0.3 is 4.52 Å². The first-order chi connectivity index (χ1) is 9.07. The topological polar surface area (TPSA) is 76.3 Å². The number of nitrogens with zero attached hydrogens (tertiary/aromatic N) is 3. The van der Waals surface area contributed by atoms with Gasteiger partial charge in [0, 0.05) is 13.1 Å². The number of aromatic nitrogens is 2. The van der Waals surface area contributed by atoms with E-state index in [-0.39, 0.29) is 5.92 Å². The third-order valence-corrected chi connectivity index (χ3v) is 4.97. The molecule has 0 bridgehead atoms. The van der Waals surface area contributed by atoms with Gasteiger partial charge in [-0.15, -0.1) is 0 Å². The molecule has 0 saturated carbocycles. The Morgan fingerprint density at radius 1 is 1.26 bits per heavy atom. The molecule has 0 atom stereocenters. The molecule has 19 heavy (non-hydrogen) atoms. The third kappa shape index (κ3) is 2.15. The van der Waals surface area contributed by atoms with Crippen LogP contribution in [0.4, 0.5) is 0 Å². The molecular weight excluding hydrogens is 266 g/mol. The predicted molar refractivity (Wildman–Crippen MR) is 67.0 cm³/mol. The lowest BCUT2D eigenvalue weighted by Gasteiger charge is -2.35. The highest BCUT2D eigenvalue weighted by Crippen LogP contribution is 2.30. The fourth-order valence-electron chi connectivity index (χ4n) is 2.01. The van der Waals surface area contributed by atoms with Gasteiger partial charge in [-0.05, 0) is 19.1 Å². The van der Waals surface area contributed by atoms with E-state index in [0.29, 0.717) is 29.7 Å². The molecule has 1 aliphatic heterocycles. The molecule has 0 unspecified atom stereocenters. The highest BCUT2D eigenvalue weighted by atomic mass is 32.2. The van der Waals surface area contributed by atoms with Crippen molar-refractivity contribution < 1.29 is 12.9 Å². The zero-order chi connectivity index (χ0) is 13.5. The molecule has 100 valence electrons. The highest BCUT2D eigenvalue weighted by Gasteiger charge is 2.40. The van der Waals surface area contributed by atoms with Crippen molar-refractivity contribution in [2.75, 3.05) is 13.1 Å². The molecule has 2 aromatic rings. The van der Waals surface area contributed by atoms with E-state index in [2.05, 4.69) is 10.1 Å². The van der Waals surface area contributed by atoms with Crippen molar-refractivity contribution in [3.8, 4) is 0 Å². The van der Waals surface area contributed by atoms with Crippen molar-refractivity contribution in [1.29, 1.82) is 0 Å². The van der Waals surface area contributed by atoms with Crippen LogP contribution >= 0.6 is 0 Å². The van der Waals surface area contributed by atoms with Crippen LogP contribution in [-0.4, -0.2) is 36.0 Å². The summed E-state index contributed by atoms with van der Waals surface area (Å²) in [6.07, 6.45) is 0. The Bertz CT molecular complexity index is 675. The van der Waals surface area contributed by atoms with E-state index in [1.807, 2.05) is 0 Å². The number of aryl methyl sites for hydroxylation is 1. The molecule has 0 aliphatic carbocycles. The minimum atomic E-state index is -3.39.